The second-order valence-corrected chi connectivity index (χ2v) is 4.76. The molecule has 2 rings (SSSR count). The third-order valence-corrected chi connectivity index (χ3v) is 3.11. The molecule has 0 aliphatic carbocycles. The van der Waals surface area contributed by atoms with Crippen molar-refractivity contribution < 1.29 is 9.84 Å². The molecule has 0 amide bonds. The largest absolute Gasteiger partial charge is 0.503 e. The van der Waals surface area contributed by atoms with E-state index in [9.17, 15) is 5.11 Å². The molecule has 0 aliphatic rings. The zero-order valence-corrected chi connectivity index (χ0v) is 11.7. The van der Waals surface area contributed by atoms with Crippen molar-refractivity contribution in [1.82, 2.24) is 0 Å². The molecule has 2 N–H and O–H groups in total. The highest BCUT2D eigenvalue weighted by atomic mass is 35.5. The number of rotatable bonds is 4. The van der Waals surface area contributed by atoms with Crippen LogP contribution in [0.3, 0.4) is 0 Å². The number of nitrogens with one attached hydrogen (secondary N) is 1. The maximum Gasteiger partial charge on any atom is 0.176 e. The Hall–Kier alpha value is -1.87. The van der Waals surface area contributed by atoms with Crippen molar-refractivity contribution in [3.8, 4) is 11.5 Å². The van der Waals surface area contributed by atoms with Crippen LogP contribution in [0.1, 0.15) is 11.1 Å². The summed E-state index contributed by atoms with van der Waals surface area (Å²) in [4.78, 5) is 0. The summed E-state index contributed by atoms with van der Waals surface area (Å²) in [5.41, 5.74) is 3.19. The monoisotopic (exact) mass is 277 g/mol. The molecule has 0 saturated carbocycles. The molecule has 0 atom stereocenters. The molecule has 0 bridgehead atoms. The van der Waals surface area contributed by atoms with E-state index < -0.39 is 0 Å². The number of hydrogen-bond donors (Lipinski definition) is 2. The van der Waals surface area contributed by atoms with Crippen molar-refractivity contribution in [2.75, 3.05) is 12.4 Å². The maximum atomic E-state index is 9.67. The van der Waals surface area contributed by atoms with Gasteiger partial charge in [0.1, 0.15) is 0 Å². The first-order valence-electron chi connectivity index (χ1n) is 5.96. The Morgan fingerprint density at radius 3 is 2.74 bits per heavy atom. The van der Waals surface area contributed by atoms with E-state index >= 15 is 0 Å². The van der Waals surface area contributed by atoms with Crippen LogP contribution < -0.4 is 10.1 Å². The number of methoxy groups -OCH3 is 1. The van der Waals surface area contributed by atoms with Gasteiger partial charge in [-0.05, 0) is 42.3 Å². The average Bonchev–Trinajstić information content (AvgIpc) is 2.40. The molecule has 100 valence electrons. The summed E-state index contributed by atoms with van der Waals surface area (Å²) in [6.45, 7) is 2.66. The zero-order chi connectivity index (χ0) is 13.8. The third kappa shape index (κ3) is 3.32. The number of phenols is 1. The first-order chi connectivity index (χ1) is 9.10. The fourth-order valence-corrected chi connectivity index (χ4v) is 2.08. The molecule has 0 aliphatic heterocycles. The van der Waals surface area contributed by atoms with Gasteiger partial charge in [-0.3, -0.25) is 0 Å². The van der Waals surface area contributed by atoms with E-state index in [0.29, 0.717) is 17.3 Å². The Labute approximate surface area is 117 Å². The Morgan fingerprint density at radius 1 is 1.26 bits per heavy atom. The SMILES string of the molecule is COc1cc(CNc2cccc(C)c2)cc(Cl)c1O. The minimum Gasteiger partial charge on any atom is -0.503 e. The summed E-state index contributed by atoms with van der Waals surface area (Å²) in [6.07, 6.45) is 0. The van der Waals surface area contributed by atoms with Gasteiger partial charge in [-0.25, -0.2) is 0 Å². The summed E-state index contributed by atoms with van der Waals surface area (Å²) in [7, 11) is 1.50. The van der Waals surface area contributed by atoms with Crippen molar-refractivity contribution >= 4 is 17.3 Å². The van der Waals surface area contributed by atoms with Crippen LogP contribution in [0.15, 0.2) is 36.4 Å². The topological polar surface area (TPSA) is 41.5 Å². The number of benzene rings is 2. The molecule has 4 heteroatoms. The molecule has 19 heavy (non-hydrogen) atoms. The highest BCUT2D eigenvalue weighted by molar-refractivity contribution is 6.32. The van der Waals surface area contributed by atoms with E-state index in [1.54, 1.807) is 12.1 Å². The fourth-order valence-electron chi connectivity index (χ4n) is 1.84. The van der Waals surface area contributed by atoms with E-state index in [0.717, 1.165) is 11.3 Å². The summed E-state index contributed by atoms with van der Waals surface area (Å²) < 4.78 is 5.08. The lowest BCUT2D eigenvalue weighted by atomic mass is 10.2. The second-order valence-electron chi connectivity index (χ2n) is 4.35. The molecule has 0 unspecified atom stereocenters. The number of halogens is 1. The van der Waals surface area contributed by atoms with E-state index in [2.05, 4.69) is 11.4 Å². The number of phenolic OH excluding ortho intramolecular Hbond substituents is 1. The predicted octanol–water partition coefficient (Wildman–Crippen LogP) is 3.97. The van der Waals surface area contributed by atoms with Gasteiger partial charge in [-0.1, -0.05) is 23.7 Å². The number of aromatic hydroxyl groups is 1. The standard InChI is InChI=1S/C15H16ClNO2/c1-10-4-3-5-12(6-10)17-9-11-7-13(16)15(18)14(8-11)19-2/h3-8,17-18H,9H2,1-2H3. The van der Waals surface area contributed by atoms with Crippen molar-refractivity contribution in [2.24, 2.45) is 0 Å². The van der Waals surface area contributed by atoms with Gasteiger partial charge in [0.15, 0.2) is 11.5 Å². The first kappa shape index (κ1) is 13.6. The van der Waals surface area contributed by atoms with Crippen molar-refractivity contribution in [3.63, 3.8) is 0 Å². The van der Waals surface area contributed by atoms with Gasteiger partial charge < -0.3 is 15.2 Å². The normalized spacial score (nSPS) is 10.3. The van der Waals surface area contributed by atoms with Gasteiger partial charge in [-0.15, -0.1) is 0 Å². The highest BCUT2D eigenvalue weighted by Crippen LogP contribution is 2.35. The molecular weight excluding hydrogens is 262 g/mol. The lowest BCUT2D eigenvalue weighted by Gasteiger charge is -2.11. The van der Waals surface area contributed by atoms with Crippen molar-refractivity contribution in [3.05, 3.63) is 52.5 Å². The van der Waals surface area contributed by atoms with Crippen LogP contribution in [0.4, 0.5) is 5.69 Å². The van der Waals surface area contributed by atoms with Gasteiger partial charge in [0.05, 0.1) is 12.1 Å². The molecule has 2 aromatic rings. The van der Waals surface area contributed by atoms with Gasteiger partial charge in [0, 0.05) is 12.2 Å². The molecule has 2 aromatic carbocycles. The van der Waals surface area contributed by atoms with Gasteiger partial charge in [-0.2, -0.15) is 0 Å². The summed E-state index contributed by atoms with van der Waals surface area (Å²) in [5.74, 6) is 0.358. The summed E-state index contributed by atoms with van der Waals surface area (Å²) in [6, 6.07) is 11.6. The number of hydrogen-bond acceptors (Lipinski definition) is 3. The number of anilines is 1. The maximum absolute atomic E-state index is 9.67. The van der Waals surface area contributed by atoms with E-state index in [4.69, 9.17) is 16.3 Å². The van der Waals surface area contributed by atoms with Crippen molar-refractivity contribution in [1.29, 1.82) is 0 Å². The second kappa shape index (κ2) is 5.85. The predicted molar refractivity (Wildman–Crippen MR) is 78.2 cm³/mol. The molecule has 0 spiro atoms. The quantitative estimate of drug-likeness (QED) is 0.888. The minimum absolute atomic E-state index is 0.0246. The zero-order valence-electron chi connectivity index (χ0n) is 10.9. The molecule has 0 aromatic heterocycles. The van der Waals surface area contributed by atoms with Crippen LogP contribution in [-0.2, 0) is 6.54 Å². The summed E-state index contributed by atoms with van der Waals surface area (Å²) in [5, 5.41) is 13.3. The van der Waals surface area contributed by atoms with Crippen LogP contribution in [0.5, 0.6) is 11.5 Å². The van der Waals surface area contributed by atoms with Crippen LogP contribution in [-0.4, -0.2) is 12.2 Å². The lowest BCUT2D eigenvalue weighted by molar-refractivity contribution is 0.373. The molecule has 0 heterocycles. The minimum atomic E-state index is -0.0246. The van der Waals surface area contributed by atoms with E-state index in [1.165, 1.54) is 12.7 Å². The first-order valence-corrected chi connectivity index (χ1v) is 6.34. The van der Waals surface area contributed by atoms with Gasteiger partial charge >= 0.3 is 0 Å². The Balaban J connectivity index is 2.13. The Bertz CT molecular complexity index is 584. The highest BCUT2D eigenvalue weighted by Gasteiger charge is 2.08. The van der Waals surface area contributed by atoms with Crippen LogP contribution in [0, 0.1) is 6.92 Å². The van der Waals surface area contributed by atoms with Crippen molar-refractivity contribution in [2.45, 2.75) is 13.5 Å². The lowest BCUT2D eigenvalue weighted by Crippen LogP contribution is -2.00. The number of aryl methyl sites for hydroxylation is 1. The fraction of sp³-hybridized carbons (Fsp3) is 0.200. The van der Waals surface area contributed by atoms with Crippen LogP contribution >= 0.6 is 11.6 Å². The Kier molecular flexibility index (Phi) is 4.17. The van der Waals surface area contributed by atoms with E-state index in [-0.39, 0.29) is 5.75 Å². The van der Waals surface area contributed by atoms with E-state index in [1.807, 2.05) is 25.1 Å². The molecule has 0 fully saturated rings. The smallest absolute Gasteiger partial charge is 0.176 e. The number of ether oxygens (including phenoxy) is 1. The van der Waals surface area contributed by atoms with Crippen LogP contribution in [0.2, 0.25) is 5.02 Å². The van der Waals surface area contributed by atoms with Gasteiger partial charge in [0.25, 0.3) is 0 Å². The van der Waals surface area contributed by atoms with Crippen LogP contribution in [0.25, 0.3) is 0 Å². The van der Waals surface area contributed by atoms with Gasteiger partial charge in [0.2, 0.25) is 0 Å². The third-order valence-electron chi connectivity index (χ3n) is 2.82. The molecule has 3 nitrogen and oxygen atoms in total. The average molecular weight is 278 g/mol. The molecule has 0 saturated heterocycles. The molecule has 0 radical (unpaired) electrons. The Morgan fingerprint density at radius 2 is 2.05 bits per heavy atom. The molecular formula is C15H16ClNO2. The summed E-state index contributed by atoms with van der Waals surface area (Å²) >= 11 is 5.95.